The molecule has 0 spiro atoms. The van der Waals surface area contributed by atoms with Gasteiger partial charge in [0.05, 0.1) is 30.5 Å². The summed E-state index contributed by atoms with van der Waals surface area (Å²) in [6.07, 6.45) is 0. The molecular formula is C16H16ClNO3S. The van der Waals surface area contributed by atoms with E-state index in [1.807, 2.05) is 36.4 Å². The van der Waals surface area contributed by atoms with E-state index in [0.717, 1.165) is 11.3 Å². The van der Waals surface area contributed by atoms with E-state index < -0.39 is 0 Å². The molecule has 2 rings (SSSR count). The molecule has 6 heteroatoms. The fraction of sp³-hybridized carbons (Fsp3) is 0.188. The van der Waals surface area contributed by atoms with Crippen molar-refractivity contribution in [3.8, 4) is 11.5 Å². The van der Waals surface area contributed by atoms with Gasteiger partial charge in [-0.15, -0.1) is 0 Å². The van der Waals surface area contributed by atoms with Gasteiger partial charge in [0, 0.05) is 0 Å². The predicted molar refractivity (Wildman–Crippen MR) is 92.0 cm³/mol. The van der Waals surface area contributed by atoms with Crippen molar-refractivity contribution in [1.29, 1.82) is 0 Å². The Morgan fingerprint density at radius 2 is 1.82 bits per heavy atom. The van der Waals surface area contributed by atoms with Crippen LogP contribution in [-0.4, -0.2) is 19.4 Å². The normalized spacial score (nSPS) is 9.95. The summed E-state index contributed by atoms with van der Waals surface area (Å²) >= 11 is 11.1. The van der Waals surface area contributed by atoms with Crippen LogP contribution in [0.3, 0.4) is 0 Å². The van der Waals surface area contributed by atoms with Gasteiger partial charge in [-0.1, -0.05) is 29.8 Å². The van der Waals surface area contributed by atoms with Gasteiger partial charge in [-0.3, -0.25) is 0 Å². The average molecular weight is 338 g/mol. The fourth-order valence-electron chi connectivity index (χ4n) is 1.90. The van der Waals surface area contributed by atoms with Crippen LogP contribution in [0.25, 0.3) is 0 Å². The standard InChI is InChI=1S/C16H16ClNO3S/c1-19-14-9-5-7-13(18-16(22)20-2)11(14)10-21-15-8-4-3-6-12(15)17/h3-9H,10H2,1-2H3,(H,18,22). The van der Waals surface area contributed by atoms with Gasteiger partial charge in [0.15, 0.2) is 0 Å². The molecule has 1 N–H and O–H groups in total. The first-order valence-corrected chi connectivity index (χ1v) is 7.32. The number of ether oxygens (including phenoxy) is 3. The van der Waals surface area contributed by atoms with Crippen LogP contribution in [0, 0.1) is 0 Å². The predicted octanol–water partition coefficient (Wildman–Crippen LogP) is 4.27. The highest BCUT2D eigenvalue weighted by atomic mass is 35.5. The van der Waals surface area contributed by atoms with Gasteiger partial charge in [0.1, 0.15) is 18.1 Å². The molecule has 0 amide bonds. The van der Waals surface area contributed by atoms with E-state index >= 15 is 0 Å². The van der Waals surface area contributed by atoms with Gasteiger partial charge in [-0.05, 0) is 36.5 Å². The molecular weight excluding hydrogens is 322 g/mol. The van der Waals surface area contributed by atoms with E-state index in [0.29, 0.717) is 16.5 Å². The lowest BCUT2D eigenvalue weighted by Crippen LogP contribution is -2.13. The third-order valence-electron chi connectivity index (χ3n) is 2.98. The summed E-state index contributed by atoms with van der Waals surface area (Å²) in [5, 5.41) is 3.83. The molecule has 0 aliphatic heterocycles. The van der Waals surface area contributed by atoms with Crippen LogP contribution in [0.1, 0.15) is 5.56 Å². The number of halogens is 1. The van der Waals surface area contributed by atoms with Crippen molar-refractivity contribution in [2.24, 2.45) is 0 Å². The number of methoxy groups -OCH3 is 2. The van der Waals surface area contributed by atoms with Gasteiger partial charge in [-0.2, -0.15) is 0 Å². The summed E-state index contributed by atoms with van der Waals surface area (Å²) in [5.74, 6) is 1.30. The minimum absolute atomic E-state index is 0.271. The molecule has 0 heterocycles. The lowest BCUT2D eigenvalue weighted by molar-refractivity contribution is 0.297. The zero-order chi connectivity index (χ0) is 15.9. The number of anilines is 1. The molecule has 0 radical (unpaired) electrons. The maximum absolute atomic E-state index is 6.10. The summed E-state index contributed by atoms with van der Waals surface area (Å²) in [5.41, 5.74) is 1.59. The molecule has 0 saturated carbocycles. The first-order chi connectivity index (χ1) is 10.7. The molecule has 116 valence electrons. The molecule has 22 heavy (non-hydrogen) atoms. The van der Waals surface area contributed by atoms with Crippen molar-refractivity contribution in [1.82, 2.24) is 0 Å². The third kappa shape index (κ3) is 4.02. The minimum atomic E-state index is 0.271. The maximum Gasteiger partial charge on any atom is 0.260 e. The summed E-state index contributed by atoms with van der Waals surface area (Å²) in [4.78, 5) is 0. The smallest absolute Gasteiger partial charge is 0.260 e. The largest absolute Gasteiger partial charge is 0.496 e. The minimum Gasteiger partial charge on any atom is -0.496 e. The Hall–Kier alpha value is -1.98. The third-order valence-corrected chi connectivity index (χ3v) is 3.56. The van der Waals surface area contributed by atoms with Crippen LogP contribution in [-0.2, 0) is 11.3 Å². The number of nitrogens with one attached hydrogen (secondary N) is 1. The monoisotopic (exact) mass is 337 g/mol. The highest BCUT2D eigenvalue weighted by molar-refractivity contribution is 7.80. The Kier molecular flexibility index (Phi) is 5.86. The van der Waals surface area contributed by atoms with Gasteiger partial charge in [0.25, 0.3) is 5.17 Å². The summed E-state index contributed by atoms with van der Waals surface area (Å²) in [6.45, 7) is 0.280. The number of para-hydroxylation sites is 1. The Labute approximate surface area is 140 Å². The highest BCUT2D eigenvalue weighted by Gasteiger charge is 2.12. The van der Waals surface area contributed by atoms with Gasteiger partial charge < -0.3 is 19.5 Å². The second-order valence-corrected chi connectivity index (χ2v) is 5.10. The van der Waals surface area contributed by atoms with E-state index in [-0.39, 0.29) is 11.8 Å². The van der Waals surface area contributed by atoms with Crippen molar-refractivity contribution in [2.75, 3.05) is 19.5 Å². The molecule has 0 atom stereocenters. The van der Waals surface area contributed by atoms with Crippen molar-refractivity contribution in [3.05, 3.63) is 53.1 Å². The molecule has 0 saturated heterocycles. The molecule has 2 aromatic carbocycles. The molecule has 0 unspecified atom stereocenters. The van der Waals surface area contributed by atoms with Crippen LogP contribution in [0.15, 0.2) is 42.5 Å². The van der Waals surface area contributed by atoms with E-state index in [1.54, 1.807) is 13.2 Å². The SMILES string of the molecule is COC(=S)Nc1cccc(OC)c1COc1ccccc1Cl. The van der Waals surface area contributed by atoms with Crippen molar-refractivity contribution < 1.29 is 14.2 Å². The molecule has 0 aliphatic rings. The number of thiocarbonyl (C=S) groups is 1. The number of hydrogen-bond acceptors (Lipinski definition) is 4. The van der Waals surface area contributed by atoms with Crippen LogP contribution < -0.4 is 14.8 Å². The summed E-state index contributed by atoms with van der Waals surface area (Å²) in [6, 6.07) is 12.9. The molecule has 0 aromatic heterocycles. The summed E-state index contributed by atoms with van der Waals surface area (Å²) < 4.78 is 16.2. The average Bonchev–Trinajstić information content (AvgIpc) is 2.54. The second-order valence-electron chi connectivity index (χ2n) is 4.32. The van der Waals surface area contributed by atoms with E-state index in [4.69, 9.17) is 38.0 Å². The van der Waals surface area contributed by atoms with Crippen LogP contribution >= 0.6 is 23.8 Å². The van der Waals surface area contributed by atoms with Crippen molar-refractivity contribution in [3.63, 3.8) is 0 Å². The number of hydrogen-bond donors (Lipinski definition) is 1. The Balaban J connectivity index is 2.24. The lowest BCUT2D eigenvalue weighted by atomic mass is 10.1. The first kappa shape index (κ1) is 16.4. The quantitative estimate of drug-likeness (QED) is 0.825. The van der Waals surface area contributed by atoms with Gasteiger partial charge in [0.2, 0.25) is 0 Å². The second kappa shape index (κ2) is 7.87. The number of benzene rings is 2. The van der Waals surface area contributed by atoms with Crippen LogP contribution in [0.5, 0.6) is 11.5 Å². The van der Waals surface area contributed by atoms with Gasteiger partial charge >= 0.3 is 0 Å². The number of rotatable bonds is 5. The zero-order valence-electron chi connectivity index (χ0n) is 12.3. The van der Waals surface area contributed by atoms with Crippen molar-refractivity contribution in [2.45, 2.75) is 6.61 Å². The van der Waals surface area contributed by atoms with E-state index in [2.05, 4.69) is 5.32 Å². The van der Waals surface area contributed by atoms with Crippen LogP contribution in [0.4, 0.5) is 5.69 Å². The Bertz CT molecular complexity index is 664. The molecule has 0 bridgehead atoms. The molecule has 4 nitrogen and oxygen atoms in total. The molecule has 2 aromatic rings. The van der Waals surface area contributed by atoms with Gasteiger partial charge in [-0.25, -0.2) is 0 Å². The zero-order valence-corrected chi connectivity index (χ0v) is 13.8. The van der Waals surface area contributed by atoms with Crippen molar-refractivity contribution >= 4 is 34.7 Å². The topological polar surface area (TPSA) is 39.7 Å². The van der Waals surface area contributed by atoms with E-state index in [9.17, 15) is 0 Å². The lowest BCUT2D eigenvalue weighted by Gasteiger charge is -2.16. The highest BCUT2D eigenvalue weighted by Crippen LogP contribution is 2.30. The fourth-order valence-corrected chi connectivity index (χ4v) is 2.20. The maximum atomic E-state index is 6.10. The van der Waals surface area contributed by atoms with Crippen LogP contribution in [0.2, 0.25) is 5.02 Å². The summed E-state index contributed by atoms with van der Waals surface area (Å²) in [7, 11) is 3.11. The Morgan fingerprint density at radius 3 is 2.50 bits per heavy atom. The molecule has 0 fully saturated rings. The molecule has 0 aliphatic carbocycles. The first-order valence-electron chi connectivity index (χ1n) is 6.54. The Morgan fingerprint density at radius 1 is 1.09 bits per heavy atom. The van der Waals surface area contributed by atoms with E-state index in [1.165, 1.54) is 7.11 Å².